The molecule has 1 rings (SSSR count). The second-order valence-electron chi connectivity index (χ2n) is 14.7. The Morgan fingerprint density at radius 3 is 1.46 bits per heavy atom. The van der Waals surface area contributed by atoms with Crippen molar-refractivity contribution in [2.75, 3.05) is 12.4 Å². The zero-order valence-corrected chi connectivity index (χ0v) is 31.7. The fraction of sp³-hybridized carbons (Fsp3) is 0.974. The maximum atomic E-state index is 12.7. The van der Waals surface area contributed by atoms with Gasteiger partial charge in [0, 0.05) is 29.9 Å². The van der Waals surface area contributed by atoms with Crippen molar-refractivity contribution in [3.8, 4) is 0 Å². The van der Waals surface area contributed by atoms with Gasteiger partial charge in [0.1, 0.15) is 12.2 Å². The van der Waals surface area contributed by atoms with Gasteiger partial charge in [0.2, 0.25) is 5.91 Å². The van der Waals surface area contributed by atoms with Gasteiger partial charge >= 0.3 is 0 Å². The lowest BCUT2D eigenvalue weighted by atomic mass is 9.83. The molecule has 0 spiro atoms. The molecule has 1 fully saturated rings. The van der Waals surface area contributed by atoms with Crippen LogP contribution in [0.4, 0.5) is 0 Å². The topological polar surface area (TPSA) is 150 Å². The van der Waals surface area contributed by atoms with Crippen LogP contribution in [-0.2, 0) is 4.79 Å². The fourth-order valence-corrected chi connectivity index (χ4v) is 8.42. The average Bonchev–Trinajstić information content (AvgIpc) is 3.09. The molecule has 1 aliphatic carbocycles. The third-order valence-electron chi connectivity index (χ3n) is 10.4. The molecule has 286 valence electrons. The molecule has 8 nitrogen and oxygen atoms in total. The Bertz CT molecular complexity index is 745. The summed E-state index contributed by atoms with van der Waals surface area (Å²) < 4.78 is 0. The summed E-state index contributed by atoms with van der Waals surface area (Å²) in [6.07, 6.45) is 25.5. The predicted octanol–water partition coefficient (Wildman–Crippen LogP) is 7.18. The number of rotatable bonds is 32. The van der Waals surface area contributed by atoms with Crippen molar-refractivity contribution >= 4 is 17.7 Å². The lowest BCUT2D eigenvalue weighted by Crippen LogP contribution is -2.54. The van der Waals surface area contributed by atoms with E-state index in [0.717, 1.165) is 19.3 Å². The van der Waals surface area contributed by atoms with E-state index in [9.17, 15) is 35.4 Å². The summed E-state index contributed by atoms with van der Waals surface area (Å²) in [5.74, 6) is -0.496. The number of carbonyl (C=O) groups is 1. The number of thioether (sulfide) groups is 1. The van der Waals surface area contributed by atoms with Crippen LogP contribution in [0.3, 0.4) is 0 Å². The van der Waals surface area contributed by atoms with Crippen molar-refractivity contribution in [2.24, 2.45) is 5.92 Å². The maximum absolute atomic E-state index is 12.7. The molecule has 1 amide bonds. The highest BCUT2D eigenvalue weighted by atomic mass is 32.2. The van der Waals surface area contributed by atoms with Crippen LogP contribution < -0.4 is 5.32 Å². The standard InChI is InChI=1S/C39H77NO7S/c1-3-5-6-7-8-9-10-11-12-13-14-15-16-17-18-19-20-21-22-23-24-25-26-27-35(43)40-32(37(45)33(42)4-2)30-48-34-28-31(29-41)36(44)39(47)38(34)46/h31-34,36-39,41-42,44-47H,3-30H2,1-2H3,(H,40,43). The predicted molar refractivity (Wildman–Crippen MR) is 200 cm³/mol. The first-order valence-electron chi connectivity index (χ1n) is 20.2. The van der Waals surface area contributed by atoms with Gasteiger partial charge in [0.25, 0.3) is 0 Å². The van der Waals surface area contributed by atoms with Crippen LogP contribution >= 0.6 is 11.8 Å². The van der Waals surface area contributed by atoms with E-state index >= 15 is 0 Å². The number of amides is 1. The molecule has 48 heavy (non-hydrogen) atoms. The van der Waals surface area contributed by atoms with Gasteiger partial charge in [-0.1, -0.05) is 155 Å². The number of aliphatic hydroxyl groups excluding tert-OH is 6. The summed E-state index contributed by atoms with van der Waals surface area (Å²) in [4.78, 5) is 12.7. The van der Waals surface area contributed by atoms with Crippen LogP contribution in [0.5, 0.6) is 0 Å². The van der Waals surface area contributed by atoms with Gasteiger partial charge < -0.3 is 36.0 Å². The van der Waals surface area contributed by atoms with Crippen LogP contribution in [-0.4, -0.2) is 90.7 Å². The number of unbranched alkanes of at least 4 members (excludes halogenated alkanes) is 22. The first-order valence-corrected chi connectivity index (χ1v) is 21.2. The van der Waals surface area contributed by atoms with E-state index in [1.807, 2.05) is 0 Å². The molecule has 8 atom stereocenters. The summed E-state index contributed by atoms with van der Waals surface area (Å²) in [6, 6.07) is -0.717. The van der Waals surface area contributed by atoms with Gasteiger partial charge in [0.15, 0.2) is 0 Å². The van der Waals surface area contributed by atoms with E-state index in [1.165, 1.54) is 140 Å². The Balaban J connectivity index is 2.06. The van der Waals surface area contributed by atoms with Gasteiger partial charge in [-0.25, -0.2) is 0 Å². The molecule has 0 aromatic carbocycles. The Morgan fingerprint density at radius 2 is 1.06 bits per heavy atom. The molecule has 0 radical (unpaired) electrons. The SMILES string of the molecule is CCCCCCCCCCCCCCCCCCCCCCCCCC(=O)NC(CSC1CC(CO)C(O)C(O)C1O)C(O)C(O)CC. The van der Waals surface area contributed by atoms with E-state index in [2.05, 4.69) is 12.2 Å². The molecule has 7 N–H and O–H groups in total. The molecule has 0 aromatic rings. The first kappa shape index (κ1) is 45.6. The van der Waals surface area contributed by atoms with Crippen molar-refractivity contribution < 1.29 is 35.4 Å². The van der Waals surface area contributed by atoms with Crippen molar-refractivity contribution in [1.29, 1.82) is 0 Å². The minimum atomic E-state index is -1.37. The molecule has 1 aliphatic rings. The molecular formula is C39H77NO7S. The van der Waals surface area contributed by atoms with Crippen LogP contribution in [0.1, 0.15) is 181 Å². The number of hydrogen-bond donors (Lipinski definition) is 7. The highest BCUT2D eigenvalue weighted by molar-refractivity contribution is 8.00. The second-order valence-corrected chi connectivity index (χ2v) is 16.0. The number of nitrogens with one attached hydrogen (secondary N) is 1. The normalized spacial score (nSPS) is 23.2. The summed E-state index contributed by atoms with van der Waals surface area (Å²) in [5.41, 5.74) is 0. The molecule has 9 heteroatoms. The van der Waals surface area contributed by atoms with Gasteiger partial charge in [-0.3, -0.25) is 4.79 Å². The van der Waals surface area contributed by atoms with Crippen molar-refractivity contribution in [1.82, 2.24) is 5.32 Å². The third-order valence-corrected chi connectivity index (χ3v) is 11.9. The molecule has 0 bridgehead atoms. The molecule has 0 saturated heterocycles. The van der Waals surface area contributed by atoms with E-state index < -0.39 is 47.7 Å². The largest absolute Gasteiger partial charge is 0.396 e. The van der Waals surface area contributed by atoms with E-state index in [-0.39, 0.29) is 18.3 Å². The van der Waals surface area contributed by atoms with Crippen LogP contribution in [0.15, 0.2) is 0 Å². The second kappa shape index (κ2) is 30.2. The highest BCUT2D eigenvalue weighted by Crippen LogP contribution is 2.34. The van der Waals surface area contributed by atoms with Gasteiger partial charge in [-0.05, 0) is 19.3 Å². The minimum absolute atomic E-state index is 0.167. The minimum Gasteiger partial charge on any atom is -0.396 e. The lowest BCUT2D eigenvalue weighted by molar-refractivity contribution is -0.123. The van der Waals surface area contributed by atoms with Crippen LogP contribution in [0.2, 0.25) is 0 Å². The van der Waals surface area contributed by atoms with Crippen LogP contribution in [0, 0.1) is 5.92 Å². The Labute approximate surface area is 298 Å². The monoisotopic (exact) mass is 704 g/mol. The van der Waals surface area contributed by atoms with Crippen molar-refractivity contribution in [2.45, 2.75) is 223 Å². The molecule has 1 saturated carbocycles. The van der Waals surface area contributed by atoms with E-state index in [0.29, 0.717) is 19.3 Å². The Morgan fingerprint density at radius 1 is 0.646 bits per heavy atom. The highest BCUT2D eigenvalue weighted by Gasteiger charge is 2.43. The fourth-order valence-electron chi connectivity index (χ4n) is 6.94. The smallest absolute Gasteiger partial charge is 0.220 e. The summed E-state index contributed by atoms with van der Waals surface area (Å²) in [5, 5.41) is 63.6. The van der Waals surface area contributed by atoms with Crippen molar-refractivity contribution in [3.63, 3.8) is 0 Å². The number of hydrogen-bond acceptors (Lipinski definition) is 8. The van der Waals surface area contributed by atoms with Crippen molar-refractivity contribution in [3.05, 3.63) is 0 Å². The molecule has 0 aromatic heterocycles. The van der Waals surface area contributed by atoms with Crippen LogP contribution in [0.25, 0.3) is 0 Å². The van der Waals surface area contributed by atoms with Gasteiger partial charge in [0.05, 0.1) is 24.4 Å². The third kappa shape index (κ3) is 21.1. The molecule has 0 heterocycles. The van der Waals surface area contributed by atoms with Gasteiger partial charge in [-0.2, -0.15) is 11.8 Å². The molecule has 8 unspecified atom stereocenters. The summed E-state index contributed by atoms with van der Waals surface area (Å²) in [7, 11) is 0. The lowest BCUT2D eigenvalue weighted by Gasteiger charge is -2.40. The zero-order valence-electron chi connectivity index (χ0n) is 30.9. The first-order chi connectivity index (χ1) is 23.3. The summed E-state index contributed by atoms with van der Waals surface area (Å²) >= 11 is 1.27. The van der Waals surface area contributed by atoms with Gasteiger partial charge in [-0.15, -0.1) is 0 Å². The maximum Gasteiger partial charge on any atom is 0.220 e. The Hall–Kier alpha value is -0.420. The quantitative estimate of drug-likeness (QED) is 0.0364. The number of carbonyl (C=O) groups excluding carboxylic acids is 1. The molecule has 0 aliphatic heterocycles. The molecular weight excluding hydrogens is 626 g/mol. The zero-order chi connectivity index (χ0) is 35.4. The summed E-state index contributed by atoms with van der Waals surface area (Å²) in [6.45, 7) is 3.73. The number of aliphatic hydroxyl groups is 6. The van der Waals surface area contributed by atoms with E-state index in [4.69, 9.17) is 0 Å². The van der Waals surface area contributed by atoms with E-state index in [1.54, 1.807) is 6.92 Å². The Kier molecular flexibility index (Phi) is 28.7. The average molecular weight is 704 g/mol.